The number of hydrogen-bond acceptors (Lipinski definition) is 2. The molecular weight excluding hydrogens is 245 g/mol. The Hall–Kier alpha value is -0.780. The van der Waals surface area contributed by atoms with Gasteiger partial charge in [0.25, 0.3) is 0 Å². The van der Waals surface area contributed by atoms with E-state index >= 15 is 0 Å². The monoisotopic (exact) mass is 268 g/mol. The molecule has 18 heavy (non-hydrogen) atoms. The first-order valence-electron chi connectivity index (χ1n) is 6.23. The largest absolute Gasteiger partial charge is 0.406 e. The van der Waals surface area contributed by atoms with Crippen LogP contribution in [0.3, 0.4) is 0 Å². The Bertz CT molecular complexity index is 254. The van der Waals surface area contributed by atoms with E-state index in [1.807, 2.05) is 6.92 Å². The zero-order valence-corrected chi connectivity index (χ0v) is 11.5. The van der Waals surface area contributed by atoms with Gasteiger partial charge in [-0.2, -0.15) is 13.2 Å². The molecular formula is C12H23F3N2O. The topological polar surface area (TPSA) is 32.3 Å². The second-order valence-corrected chi connectivity index (χ2v) is 4.95. The summed E-state index contributed by atoms with van der Waals surface area (Å²) in [5.41, 5.74) is 0. The maximum absolute atomic E-state index is 12.4. The van der Waals surface area contributed by atoms with Crippen LogP contribution in [0.15, 0.2) is 0 Å². The average Bonchev–Trinajstić information content (AvgIpc) is 2.13. The van der Waals surface area contributed by atoms with Crippen molar-refractivity contribution in [3.8, 4) is 0 Å². The van der Waals surface area contributed by atoms with Gasteiger partial charge in [-0.05, 0) is 19.4 Å². The third-order valence-electron chi connectivity index (χ3n) is 2.34. The third-order valence-corrected chi connectivity index (χ3v) is 2.34. The number of nitrogens with one attached hydrogen (secondary N) is 1. The lowest BCUT2D eigenvalue weighted by Crippen LogP contribution is -2.43. The van der Waals surface area contributed by atoms with E-state index in [1.54, 1.807) is 20.8 Å². The van der Waals surface area contributed by atoms with Crippen LogP contribution in [0.25, 0.3) is 0 Å². The van der Waals surface area contributed by atoms with Gasteiger partial charge in [0, 0.05) is 19.0 Å². The second-order valence-electron chi connectivity index (χ2n) is 4.95. The highest BCUT2D eigenvalue weighted by Gasteiger charge is 2.33. The zero-order chi connectivity index (χ0) is 14.3. The molecule has 1 atom stereocenters. The molecule has 1 unspecified atom stereocenters. The van der Waals surface area contributed by atoms with Crippen molar-refractivity contribution in [3.05, 3.63) is 0 Å². The van der Waals surface area contributed by atoms with E-state index in [9.17, 15) is 18.0 Å². The number of amides is 1. The normalized spacial score (nSPS) is 13.8. The van der Waals surface area contributed by atoms with Crippen LogP contribution in [0.1, 0.15) is 34.1 Å². The van der Waals surface area contributed by atoms with Crippen LogP contribution >= 0.6 is 0 Å². The van der Waals surface area contributed by atoms with Gasteiger partial charge in [-0.3, -0.25) is 4.79 Å². The van der Waals surface area contributed by atoms with Gasteiger partial charge in [0.05, 0.1) is 0 Å². The lowest BCUT2D eigenvalue weighted by molar-refractivity contribution is -0.162. The van der Waals surface area contributed by atoms with Crippen LogP contribution in [-0.2, 0) is 4.79 Å². The van der Waals surface area contributed by atoms with Crippen molar-refractivity contribution in [3.63, 3.8) is 0 Å². The van der Waals surface area contributed by atoms with Gasteiger partial charge in [0.2, 0.25) is 5.91 Å². The van der Waals surface area contributed by atoms with Crippen LogP contribution in [-0.4, -0.2) is 42.7 Å². The van der Waals surface area contributed by atoms with Crippen LogP contribution in [0.4, 0.5) is 13.2 Å². The average molecular weight is 268 g/mol. The lowest BCUT2D eigenvalue weighted by atomic mass is 10.1. The summed E-state index contributed by atoms with van der Waals surface area (Å²) >= 11 is 0. The SMILES string of the molecule is CCNC(C)CC(=O)N(CC(C)C)CC(F)(F)F. The molecule has 0 aromatic heterocycles. The minimum absolute atomic E-state index is 0.0192. The summed E-state index contributed by atoms with van der Waals surface area (Å²) in [6, 6.07) is -0.106. The number of halogens is 3. The van der Waals surface area contributed by atoms with Gasteiger partial charge in [0.15, 0.2) is 0 Å². The smallest absolute Gasteiger partial charge is 0.333 e. The summed E-state index contributed by atoms with van der Waals surface area (Å²) in [4.78, 5) is 12.7. The fraction of sp³-hybridized carbons (Fsp3) is 0.917. The molecule has 0 rings (SSSR count). The van der Waals surface area contributed by atoms with Gasteiger partial charge < -0.3 is 10.2 Å². The molecule has 0 fully saturated rings. The molecule has 1 amide bonds. The van der Waals surface area contributed by atoms with Crippen LogP contribution in [0.5, 0.6) is 0 Å². The van der Waals surface area contributed by atoms with E-state index in [0.717, 1.165) is 4.90 Å². The molecule has 0 aliphatic carbocycles. The molecule has 0 aliphatic rings. The molecule has 0 aromatic carbocycles. The van der Waals surface area contributed by atoms with Crippen molar-refractivity contribution >= 4 is 5.91 Å². The second kappa shape index (κ2) is 7.61. The molecule has 108 valence electrons. The summed E-state index contributed by atoms with van der Waals surface area (Å²) in [5.74, 6) is -0.430. The summed E-state index contributed by atoms with van der Waals surface area (Å²) < 4.78 is 37.2. The summed E-state index contributed by atoms with van der Waals surface area (Å²) in [6.07, 6.45) is -4.25. The van der Waals surface area contributed by atoms with Crippen molar-refractivity contribution in [2.45, 2.75) is 46.3 Å². The van der Waals surface area contributed by atoms with Crippen LogP contribution < -0.4 is 5.32 Å². The van der Waals surface area contributed by atoms with E-state index in [4.69, 9.17) is 0 Å². The molecule has 0 saturated carbocycles. The predicted molar refractivity (Wildman–Crippen MR) is 65.2 cm³/mol. The number of carbonyl (C=O) groups is 1. The van der Waals surface area contributed by atoms with E-state index in [1.165, 1.54) is 0 Å². The Morgan fingerprint density at radius 3 is 2.22 bits per heavy atom. The molecule has 0 spiro atoms. The van der Waals surface area contributed by atoms with E-state index in [-0.39, 0.29) is 24.9 Å². The highest BCUT2D eigenvalue weighted by Crippen LogP contribution is 2.18. The van der Waals surface area contributed by atoms with Gasteiger partial charge in [-0.15, -0.1) is 0 Å². The molecule has 0 radical (unpaired) electrons. The molecule has 6 heteroatoms. The molecule has 3 nitrogen and oxygen atoms in total. The van der Waals surface area contributed by atoms with E-state index in [0.29, 0.717) is 6.54 Å². The Morgan fingerprint density at radius 1 is 1.28 bits per heavy atom. The minimum atomic E-state index is -4.34. The number of nitrogens with zero attached hydrogens (tertiary/aromatic N) is 1. The number of carbonyl (C=O) groups excluding carboxylic acids is 1. The zero-order valence-electron chi connectivity index (χ0n) is 11.5. The number of hydrogen-bond donors (Lipinski definition) is 1. The quantitative estimate of drug-likeness (QED) is 0.769. The van der Waals surface area contributed by atoms with Crippen LogP contribution in [0, 0.1) is 5.92 Å². The van der Waals surface area contributed by atoms with Crippen LogP contribution in [0.2, 0.25) is 0 Å². The van der Waals surface area contributed by atoms with Crippen molar-refractivity contribution in [2.24, 2.45) is 5.92 Å². The van der Waals surface area contributed by atoms with Gasteiger partial charge in [-0.1, -0.05) is 20.8 Å². The fourth-order valence-electron chi connectivity index (χ4n) is 1.72. The molecule has 0 aromatic rings. The van der Waals surface area contributed by atoms with Crippen molar-refractivity contribution in [1.82, 2.24) is 10.2 Å². The summed E-state index contributed by atoms with van der Waals surface area (Å²) in [6.45, 7) is 6.94. The lowest BCUT2D eigenvalue weighted by Gasteiger charge is -2.27. The Morgan fingerprint density at radius 2 is 1.83 bits per heavy atom. The Balaban J connectivity index is 4.49. The standard InChI is InChI=1S/C12H23F3N2O/c1-5-16-10(4)6-11(18)17(7-9(2)3)8-12(13,14)15/h9-10,16H,5-8H2,1-4H3. The maximum atomic E-state index is 12.4. The predicted octanol–water partition coefficient (Wildman–Crippen LogP) is 2.42. The fourth-order valence-corrected chi connectivity index (χ4v) is 1.72. The first kappa shape index (κ1) is 17.2. The Labute approximate surface area is 107 Å². The third kappa shape index (κ3) is 8.33. The van der Waals surface area contributed by atoms with Crippen molar-refractivity contribution in [2.75, 3.05) is 19.6 Å². The first-order valence-corrected chi connectivity index (χ1v) is 6.23. The van der Waals surface area contributed by atoms with Gasteiger partial charge in [0.1, 0.15) is 6.54 Å². The molecule has 0 bridgehead atoms. The highest BCUT2D eigenvalue weighted by molar-refractivity contribution is 5.76. The summed E-state index contributed by atoms with van der Waals surface area (Å²) in [5, 5.41) is 3.02. The van der Waals surface area contributed by atoms with E-state index < -0.39 is 18.6 Å². The molecule has 0 heterocycles. The summed E-state index contributed by atoms with van der Waals surface area (Å²) in [7, 11) is 0. The number of alkyl halides is 3. The molecule has 1 N–H and O–H groups in total. The van der Waals surface area contributed by atoms with Gasteiger partial charge >= 0.3 is 6.18 Å². The maximum Gasteiger partial charge on any atom is 0.406 e. The number of rotatable bonds is 7. The van der Waals surface area contributed by atoms with E-state index in [2.05, 4.69) is 5.32 Å². The Kier molecular flexibility index (Phi) is 7.28. The first-order chi connectivity index (χ1) is 8.15. The van der Waals surface area contributed by atoms with Crippen molar-refractivity contribution < 1.29 is 18.0 Å². The van der Waals surface area contributed by atoms with Gasteiger partial charge in [-0.25, -0.2) is 0 Å². The van der Waals surface area contributed by atoms with Crippen molar-refractivity contribution in [1.29, 1.82) is 0 Å². The minimum Gasteiger partial charge on any atom is -0.333 e. The molecule has 0 saturated heterocycles. The highest BCUT2D eigenvalue weighted by atomic mass is 19.4. The molecule has 0 aliphatic heterocycles.